The number of nitrogens with one attached hydrogen (secondary N) is 2. The van der Waals surface area contributed by atoms with E-state index in [1.165, 1.54) is 12.4 Å². The summed E-state index contributed by atoms with van der Waals surface area (Å²) in [6, 6.07) is 11.1. The molecule has 0 saturated heterocycles. The lowest BCUT2D eigenvalue weighted by molar-refractivity contribution is -0.135. The summed E-state index contributed by atoms with van der Waals surface area (Å²) in [5.41, 5.74) is 8.33. The molecule has 2 rings (SSSR count). The Bertz CT molecular complexity index is 908. The van der Waals surface area contributed by atoms with Gasteiger partial charge in [0.2, 0.25) is 0 Å². The Morgan fingerprint density at radius 1 is 0.871 bits per heavy atom. The van der Waals surface area contributed by atoms with Gasteiger partial charge in [0, 0.05) is 0 Å². The zero-order chi connectivity index (χ0) is 22.8. The highest BCUT2D eigenvalue weighted by Crippen LogP contribution is 2.18. The molecule has 164 valence electrons. The zero-order valence-electron chi connectivity index (χ0n) is 18.4. The number of hydrogen-bond acceptors (Lipinski definition) is 6. The van der Waals surface area contributed by atoms with E-state index in [-0.39, 0.29) is 0 Å². The second kappa shape index (κ2) is 11.5. The van der Waals surface area contributed by atoms with Gasteiger partial charge in [0.05, 0.1) is 26.6 Å². The summed E-state index contributed by atoms with van der Waals surface area (Å²) >= 11 is 0. The van der Waals surface area contributed by atoms with Crippen molar-refractivity contribution in [1.82, 2.24) is 10.9 Å². The van der Waals surface area contributed by atoms with E-state index in [9.17, 15) is 9.59 Å². The SMILES string of the molecule is CCC(C(=O)N/N=C\c1ccc(OC)c(C)c1)C(=O)N/N=C\c1ccc(OC)c(C)c1. The van der Waals surface area contributed by atoms with Crippen molar-refractivity contribution in [3.05, 3.63) is 58.7 Å². The molecule has 0 aromatic heterocycles. The molecule has 0 atom stereocenters. The van der Waals surface area contributed by atoms with Gasteiger partial charge in [-0.3, -0.25) is 9.59 Å². The second-order valence-electron chi connectivity index (χ2n) is 6.89. The number of hydrogen-bond donors (Lipinski definition) is 2. The van der Waals surface area contributed by atoms with Crippen LogP contribution in [0.2, 0.25) is 0 Å². The van der Waals surface area contributed by atoms with E-state index in [0.717, 1.165) is 33.8 Å². The molecular weight excluding hydrogens is 396 g/mol. The van der Waals surface area contributed by atoms with Crippen molar-refractivity contribution in [2.75, 3.05) is 14.2 Å². The maximum Gasteiger partial charge on any atom is 0.252 e. The number of carbonyl (C=O) groups is 2. The molecule has 0 radical (unpaired) electrons. The first-order valence-corrected chi connectivity index (χ1v) is 9.84. The Balaban J connectivity index is 1.92. The van der Waals surface area contributed by atoms with Gasteiger partial charge in [-0.15, -0.1) is 0 Å². The largest absolute Gasteiger partial charge is 0.496 e. The molecule has 31 heavy (non-hydrogen) atoms. The van der Waals surface area contributed by atoms with Gasteiger partial charge in [0.25, 0.3) is 11.8 Å². The maximum absolute atomic E-state index is 12.4. The molecule has 2 amide bonds. The fourth-order valence-electron chi connectivity index (χ4n) is 2.95. The minimum Gasteiger partial charge on any atom is -0.496 e. The first-order valence-electron chi connectivity index (χ1n) is 9.84. The third-order valence-corrected chi connectivity index (χ3v) is 4.66. The summed E-state index contributed by atoms with van der Waals surface area (Å²) in [5, 5.41) is 7.90. The number of carbonyl (C=O) groups excluding carboxylic acids is 2. The van der Waals surface area contributed by atoms with Gasteiger partial charge in [-0.2, -0.15) is 10.2 Å². The topological polar surface area (TPSA) is 101 Å². The summed E-state index contributed by atoms with van der Waals surface area (Å²) < 4.78 is 10.4. The van der Waals surface area contributed by atoms with Crippen LogP contribution < -0.4 is 20.3 Å². The van der Waals surface area contributed by atoms with Crippen LogP contribution in [-0.4, -0.2) is 38.5 Å². The van der Waals surface area contributed by atoms with Crippen molar-refractivity contribution >= 4 is 24.2 Å². The summed E-state index contributed by atoms with van der Waals surface area (Å²) in [4.78, 5) is 24.7. The molecule has 0 spiro atoms. The summed E-state index contributed by atoms with van der Waals surface area (Å²) in [5.74, 6) is -0.373. The van der Waals surface area contributed by atoms with Crippen molar-refractivity contribution in [3.8, 4) is 11.5 Å². The van der Waals surface area contributed by atoms with Gasteiger partial charge < -0.3 is 9.47 Å². The first-order chi connectivity index (χ1) is 14.9. The lowest BCUT2D eigenvalue weighted by atomic mass is 10.1. The average Bonchev–Trinajstić information content (AvgIpc) is 2.74. The molecule has 0 fully saturated rings. The maximum atomic E-state index is 12.4. The summed E-state index contributed by atoms with van der Waals surface area (Å²) in [6.07, 6.45) is 3.34. The molecule has 2 N–H and O–H groups in total. The van der Waals surface area contributed by atoms with Crippen molar-refractivity contribution in [1.29, 1.82) is 0 Å². The zero-order valence-corrected chi connectivity index (χ0v) is 18.4. The second-order valence-corrected chi connectivity index (χ2v) is 6.89. The van der Waals surface area contributed by atoms with E-state index in [2.05, 4.69) is 21.1 Å². The molecule has 0 bridgehead atoms. The van der Waals surface area contributed by atoms with Crippen molar-refractivity contribution < 1.29 is 19.1 Å². The highest BCUT2D eigenvalue weighted by Gasteiger charge is 2.24. The van der Waals surface area contributed by atoms with E-state index in [4.69, 9.17) is 9.47 Å². The third kappa shape index (κ3) is 6.67. The lowest BCUT2D eigenvalue weighted by Crippen LogP contribution is -2.37. The van der Waals surface area contributed by atoms with Crippen molar-refractivity contribution in [3.63, 3.8) is 0 Å². The predicted octanol–water partition coefficient (Wildman–Crippen LogP) is 2.95. The fourth-order valence-corrected chi connectivity index (χ4v) is 2.95. The molecule has 0 unspecified atom stereocenters. The fraction of sp³-hybridized carbons (Fsp3) is 0.304. The molecular formula is C23H28N4O4. The van der Waals surface area contributed by atoms with Crippen LogP contribution in [0.4, 0.5) is 0 Å². The van der Waals surface area contributed by atoms with Crippen LogP contribution in [0.15, 0.2) is 46.6 Å². The highest BCUT2D eigenvalue weighted by atomic mass is 16.5. The minimum absolute atomic E-state index is 0.312. The molecule has 0 aliphatic carbocycles. The van der Waals surface area contributed by atoms with E-state index in [0.29, 0.717) is 6.42 Å². The molecule has 0 aliphatic heterocycles. The minimum atomic E-state index is -0.912. The smallest absolute Gasteiger partial charge is 0.252 e. The van der Waals surface area contributed by atoms with Gasteiger partial charge in [-0.25, -0.2) is 10.9 Å². The lowest BCUT2D eigenvalue weighted by Gasteiger charge is -2.11. The number of amides is 2. The molecule has 0 heterocycles. The third-order valence-electron chi connectivity index (χ3n) is 4.66. The Morgan fingerprint density at radius 2 is 1.29 bits per heavy atom. The number of benzene rings is 2. The van der Waals surface area contributed by atoms with Gasteiger partial charge in [-0.05, 0) is 78.9 Å². The standard InChI is InChI=1S/C23H28N4O4/c1-6-19(22(28)26-24-13-17-7-9-20(30-4)15(2)11-17)23(29)27-25-14-18-8-10-21(31-5)16(3)12-18/h7-14,19H,6H2,1-5H3,(H,26,28)(H,27,29)/b24-13-,25-14-. The Hall–Kier alpha value is -3.68. The monoisotopic (exact) mass is 424 g/mol. The van der Waals surface area contributed by atoms with Crippen molar-refractivity contribution in [2.24, 2.45) is 16.1 Å². The normalized spacial score (nSPS) is 11.2. The predicted molar refractivity (Wildman–Crippen MR) is 121 cm³/mol. The van der Waals surface area contributed by atoms with Crippen LogP contribution in [-0.2, 0) is 9.59 Å². The molecule has 8 heteroatoms. The number of methoxy groups -OCH3 is 2. The summed E-state index contributed by atoms with van der Waals surface area (Å²) in [7, 11) is 3.21. The molecule has 2 aromatic carbocycles. The first kappa shape index (κ1) is 23.6. The molecule has 0 saturated carbocycles. The molecule has 0 aliphatic rings. The van der Waals surface area contributed by atoms with E-state index < -0.39 is 17.7 Å². The molecule has 2 aromatic rings. The van der Waals surface area contributed by atoms with Crippen LogP contribution >= 0.6 is 0 Å². The van der Waals surface area contributed by atoms with Crippen LogP contribution in [0.1, 0.15) is 35.6 Å². The van der Waals surface area contributed by atoms with Crippen LogP contribution in [0.5, 0.6) is 11.5 Å². The van der Waals surface area contributed by atoms with E-state index in [1.54, 1.807) is 21.1 Å². The van der Waals surface area contributed by atoms with Crippen molar-refractivity contribution in [2.45, 2.75) is 27.2 Å². The van der Waals surface area contributed by atoms with E-state index in [1.807, 2.05) is 50.2 Å². The Kier molecular flexibility index (Phi) is 8.75. The number of ether oxygens (including phenoxy) is 2. The van der Waals surface area contributed by atoms with Gasteiger partial charge in [0.1, 0.15) is 17.4 Å². The van der Waals surface area contributed by atoms with E-state index >= 15 is 0 Å². The van der Waals surface area contributed by atoms with Crippen LogP contribution in [0.25, 0.3) is 0 Å². The number of aryl methyl sites for hydroxylation is 2. The Morgan fingerprint density at radius 3 is 1.61 bits per heavy atom. The van der Waals surface area contributed by atoms with Gasteiger partial charge in [-0.1, -0.05) is 6.92 Å². The number of rotatable bonds is 9. The average molecular weight is 425 g/mol. The van der Waals surface area contributed by atoms with Crippen LogP contribution in [0, 0.1) is 19.8 Å². The Labute approximate surface area is 182 Å². The van der Waals surface area contributed by atoms with Gasteiger partial charge >= 0.3 is 0 Å². The number of hydrazone groups is 2. The highest BCUT2D eigenvalue weighted by molar-refractivity contribution is 6.00. The number of nitrogens with zero attached hydrogens (tertiary/aromatic N) is 2. The van der Waals surface area contributed by atoms with Gasteiger partial charge in [0.15, 0.2) is 0 Å². The summed E-state index contributed by atoms with van der Waals surface area (Å²) in [6.45, 7) is 5.58. The van der Waals surface area contributed by atoms with Crippen LogP contribution in [0.3, 0.4) is 0 Å². The quantitative estimate of drug-likeness (QED) is 0.367. The molecule has 8 nitrogen and oxygen atoms in total.